The zero-order valence-corrected chi connectivity index (χ0v) is 16.9. The van der Waals surface area contributed by atoms with Crippen LogP contribution in [0.5, 0.6) is 0 Å². The highest BCUT2D eigenvalue weighted by atomic mass is 32.2. The average molecular weight is 423 g/mol. The number of benzene rings is 2. The maximum Gasteiger partial charge on any atom is 0.336 e. The summed E-state index contributed by atoms with van der Waals surface area (Å²) >= 11 is 1.37. The van der Waals surface area contributed by atoms with Crippen molar-refractivity contribution in [2.45, 2.75) is 11.3 Å². The topological polar surface area (TPSA) is 88.3 Å². The lowest BCUT2D eigenvalue weighted by Gasteiger charge is -2.09. The molecule has 0 aliphatic carbocycles. The van der Waals surface area contributed by atoms with Crippen LogP contribution < -0.4 is 5.32 Å². The molecule has 0 amide bonds. The first-order valence-corrected chi connectivity index (χ1v) is 10.4. The Labute approximate surface area is 176 Å². The van der Waals surface area contributed by atoms with Gasteiger partial charge in [-0.2, -0.15) is 0 Å². The molecular formula is C22H18FN3O3S. The zero-order valence-electron chi connectivity index (χ0n) is 16.1. The lowest BCUT2D eigenvalue weighted by Crippen LogP contribution is -2.08. The molecule has 2 N–H and O–H groups in total. The van der Waals surface area contributed by atoms with E-state index in [1.807, 2.05) is 6.26 Å². The number of rotatable bonds is 7. The number of thioether (sulfide) groups is 1. The molecule has 4 aromatic rings. The fraction of sp³-hybridized carbons (Fsp3) is 0.136. The number of halogens is 1. The van der Waals surface area contributed by atoms with Gasteiger partial charge in [-0.05, 0) is 42.5 Å². The number of carboxylic acid groups (broad SMARTS) is 1. The summed E-state index contributed by atoms with van der Waals surface area (Å²) in [5, 5.41) is 13.3. The predicted molar refractivity (Wildman–Crippen MR) is 115 cm³/mol. The Bertz CT molecular complexity index is 1230. The lowest BCUT2D eigenvalue weighted by molar-refractivity contribution is 0.0693. The first-order chi connectivity index (χ1) is 14.5. The lowest BCUT2D eigenvalue weighted by atomic mass is 10.1. The number of aromatic carboxylic acids is 1. The minimum Gasteiger partial charge on any atom is -0.478 e. The van der Waals surface area contributed by atoms with E-state index in [2.05, 4.69) is 15.3 Å². The Morgan fingerprint density at radius 2 is 2.07 bits per heavy atom. The predicted octanol–water partition coefficient (Wildman–Crippen LogP) is 5.10. The molecule has 2 heterocycles. The second-order valence-corrected chi connectivity index (χ2v) is 7.44. The molecule has 152 valence electrons. The van der Waals surface area contributed by atoms with Crippen molar-refractivity contribution < 1.29 is 18.7 Å². The Morgan fingerprint density at radius 3 is 2.87 bits per heavy atom. The Balaban J connectivity index is 1.48. The van der Waals surface area contributed by atoms with Gasteiger partial charge in [0.15, 0.2) is 0 Å². The molecule has 0 bridgehead atoms. The number of carboxylic acids is 1. The fourth-order valence-electron chi connectivity index (χ4n) is 3.19. The number of aromatic nitrogens is 2. The Kier molecular flexibility index (Phi) is 5.67. The quantitative estimate of drug-likeness (QED) is 0.400. The second-order valence-electron chi connectivity index (χ2n) is 6.59. The summed E-state index contributed by atoms with van der Waals surface area (Å²) in [6, 6.07) is 11.9. The van der Waals surface area contributed by atoms with Crippen molar-refractivity contribution in [3.8, 4) is 11.3 Å². The third kappa shape index (κ3) is 4.13. The first kappa shape index (κ1) is 19.9. The molecule has 0 radical (unpaired) electrons. The molecule has 0 aliphatic rings. The van der Waals surface area contributed by atoms with Gasteiger partial charge < -0.3 is 14.8 Å². The molecule has 2 aromatic carbocycles. The van der Waals surface area contributed by atoms with Crippen LogP contribution in [0, 0.1) is 5.82 Å². The van der Waals surface area contributed by atoms with Gasteiger partial charge in [0.25, 0.3) is 0 Å². The van der Waals surface area contributed by atoms with Crippen LogP contribution in [0.15, 0.2) is 64.4 Å². The van der Waals surface area contributed by atoms with E-state index in [1.165, 1.54) is 24.2 Å². The van der Waals surface area contributed by atoms with Crippen LogP contribution in [0.1, 0.15) is 15.9 Å². The summed E-state index contributed by atoms with van der Waals surface area (Å²) in [5.74, 6) is -0.652. The zero-order chi connectivity index (χ0) is 21.1. The van der Waals surface area contributed by atoms with Crippen LogP contribution in [0.3, 0.4) is 0 Å². The maximum absolute atomic E-state index is 14.2. The van der Waals surface area contributed by atoms with Crippen LogP contribution in [0.2, 0.25) is 0 Å². The van der Waals surface area contributed by atoms with Crippen molar-refractivity contribution in [3.05, 3.63) is 72.0 Å². The number of hydrogen-bond donors (Lipinski definition) is 2. The van der Waals surface area contributed by atoms with Gasteiger partial charge in [0.1, 0.15) is 23.5 Å². The summed E-state index contributed by atoms with van der Waals surface area (Å²) in [6.45, 7) is 0.491. The van der Waals surface area contributed by atoms with Crippen molar-refractivity contribution >= 4 is 34.5 Å². The highest BCUT2D eigenvalue weighted by molar-refractivity contribution is 7.98. The number of nitrogens with one attached hydrogen (secondary N) is 1. The second kappa shape index (κ2) is 8.54. The molecule has 0 saturated carbocycles. The molecule has 2 aromatic heterocycles. The molecule has 30 heavy (non-hydrogen) atoms. The highest BCUT2D eigenvalue weighted by Gasteiger charge is 2.12. The van der Waals surface area contributed by atoms with Crippen molar-refractivity contribution in [1.82, 2.24) is 9.97 Å². The van der Waals surface area contributed by atoms with E-state index in [1.54, 1.807) is 42.7 Å². The van der Waals surface area contributed by atoms with Crippen LogP contribution in [-0.2, 0) is 6.42 Å². The smallest absolute Gasteiger partial charge is 0.336 e. The molecule has 0 spiro atoms. The minimum absolute atomic E-state index is 0.260. The van der Waals surface area contributed by atoms with Crippen LogP contribution in [0.25, 0.3) is 22.2 Å². The van der Waals surface area contributed by atoms with Gasteiger partial charge in [-0.3, -0.25) is 0 Å². The van der Waals surface area contributed by atoms with E-state index in [9.17, 15) is 14.3 Å². The number of carbonyl (C=O) groups is 1. The third-order valence-corrected chi connectivity index (χ3v) is 5.49. The fourth-order valence-corrected chi connectivity index (χ4v) is 3.81. The largest absolute Gasteiger partial charge is 0.478 e. The van der Waals surface area contributed by atoms with Crippen LogP contribution >= 0.6 is 11.8 Å². The van der Waals surface area contributed by atoms with Crippen molar-refractivity contribution in [2.24, 2.45) is 0 Å². The van der Waals surface area contributed by atoms with Crippen molar-refractivity contribution in [2.75, 3.05) is 18.1 Å². The number of furan rings is 1. The standard InChI is InChI=1S/C22H18FN3O3S/c1-30-20-9-14(2-3-16(20)22(27)28)18-11-21(26-12-25-18)24-6-4-13-8-15-5-7-29-19(15)10-17(13)23/h2-3,5,7-12H,4,6H2,1H3,(H,27,28)(H,24,25,26). The summed E-state index contributed by atoms with van der Waals surface area (Å²) < 4.78 is 19.4. The molecule has 0 unspecified atom stereocenters. The summed E-state index contributed by atoms with van der Waals surface area (Å²) in [7, 11) is 0. The van der Waals surface area contributed by atoms with E-state index in [-0.39, 0.29) is 11.4 Å². The first-order valence-electron chi connectivity index (χ1n) is 9.18. The van der Waals surface area contributed by atoms with Crippen LogP contribution in [0.4, 0.5) is 10.2 Å². The minimum atomic E-state index is -0.961. The molecule has 4 rings (SSSR count). The SMILES string of the molecule is CSc1cc(-c2cc(NCCc3cc4ccoc4cc3F)ncn2)ccc1C(=O)O. The number of hydrogen-bond acceptors (Lipinski definition) is 6. The molecular weight excluding hydrogens is 405 g/mol. The summed E-state index contributed by atoms with van der Waals surface area (Å²) in [6.07, 6.45) is 5.30. The van der Waals surface area contributed by atoms with E-state index < -0.39 is 5.97 Å². The van der Waals surface area contributed by atoms with Gasteiger partial charge in [-0.1, -0.05) is 6.07 Å². The van der Waals surface area contributed by atoms with Crippen molar-refractivity contribution in [1.29, 1.82) is 0 Å². The molecule has 0 aliphatic heterocycles. The van der Waals surface area contributed by atoms with Gasteiger partial charge in [0, 0.05) is 34.5 Å². The number of anilines is 1. The van der Waals surface area contributed by atoms with E-state index >= 15 is 0 Å². The third-order valence-electron chi connectivity index (χ3n) is 4.72. The van der Waals surface area contributed by atoms with E-state index in [4.69, 9.17) is 4.42 Å². The molecule has 0 atom stereocenters. The molecule has 8 heteroatoms. The van der Waals surface area contributed by atoms with Gasteiger partial charge in [-0.15, -0.1) is 11.8 Å². The van der Waals surface area contributed by atoms with Gasteiger partial charge in [0.2, 0.25) is 0 Å². The van der Waals surface area contributed by atoms with Crippen LogP contribution in [-0.4, -0.2) is 33.8 Å². The molecule has 0 saturated heterocycles. The average Bonchev–Trinajstić information content (AvgIpc) is 3.20. The van der Waals surface area contributed by atoms with E-state index in [0.29, 0.717) is 40.5 Å². The molecule has 0 fully saturated rings. The Morgan fingerprint density at radius 1 is 1.20 bits per heavy atom. The Hall–Kier alpha value is -3.39. The number of fused-ring (bicyclic) bond motifs is 1. The van der Waals surface area contributed by atoms with E-state index in [0.717, 1.165) is 10.9 Å². The van der Waals surface area contributed by atoms with Gasteiger partial charge >= 0.3 is 5.97 Å². The summed E-state index contributed by atoms with van der Waals surface area (Å²) in [4.78, 5) is 20.5. The monoisotopic (exact) mass is 423 g/mol. The maximum atomic E-state index is 14.2. The normalized spacial score (nSPS) is 11.0. The highest BCUT2D eigenvalue weighted by Crippen LogP contribution is 2.28. The summed E-state index contributed by atoms with van der Waals surface area (Å²) in [5.41, 5.74) is 2.86. The van der Waals surface area contributed by atoms with Crippen molar-refractivity contribution in [3.63, 3.8) is 0 Å². The molecule has 6 nitrogen and oxygen atoms in total. The number of nitrogens with zero attached hydrogens (tertiary/aromatic N) is 2. The van der Waals surface area contributed by atoms with Gasteiger partial charge in [0.05, 0.1) is 17.5 Å². The van der Waals surface area contributed by atoms with Gasteiger partial charge in [-0.25, -0.2) is 19.2 Å².